The normalized spacial score (nSPS) is 14.8. The summed E-state index contributed by atoms with van der Waals surface area (Å²) in [6.07, 6.45) is 3.54. The van der Waals surface area contributed by atoms with E-state index < -0.39 is 0 Å². The molecule has 1 saturated carbocycles. The largest absolute Gasteiger partial charge is 0.373 e. The van der Waals surface area contributed by atoms with Crippen molar-refractivity contribution >= 4 is 28.4 Å². The zero-order chi connectivity index (χ0) is 13.0. The van der Waals surface area contributed by atoms with Crippen LogP contribution >= 0.6 is 22.6 Å². The maximum absolute atomic E-state index is 5.54. The van der Waals surface area contributed by atoms with Crippen LogP contribution < -0.4 is 5.32 Å². The van der Waals surface area contributed by atoms with Crippen molar-refractivity contribution in [2.75, 3.05) is 18.5 Å². The number of rotatable bonds is 7. The summed E-state index contributed by atoms with van der Waals surface area (Å²) in [4.78, 5) is 9.22. The number of nitrogens with one attached hydrogen (secondary N) is 1. The number of nitrogens with zero attached hydrogens (tertiary/aromatic N) is 2. The fourth-order valence-corrected chi connectivity index (χ4v) is 2.67. The zero-order valence-corrected chi connectivity index (χ0v) is 13.2. The molecule has 1 aliphatic rings. The van der Waals surface area contributed by atoms with Crippen LogP contribution in [0.15, 0.2) is 0 Å². The zero-order valence-electron chi connectivity index (χ0n) is 11.0. The highest BCUT2D eigenvalue weighted by atomic mass is 127. The van der Waals surface area contributed by atoms with Crippen molar-refractivity contribution in [3.05, 3.63) is 15.1 Å². The first-order chi connectivity index (χ1) is 8.76. The van der Waals surface area contributed by atoms with E-state index in [1.54, 1.807) is 0 Å². The Morgan fingerprint density at radius 3 is 2.72 bits per heavy atom. The molecule has 100 valence electrons. The summed E-state index contributed by atoms with van der Waals surface area (Å²) in [7, 11) is 0. The highest BCUT2D eigenvalue weighted by molar-refractivity contribution is 14.1. The first kappa shape index (κ1) is 14.0. The maximum atomic E-state index is 5.54. The summed E-state index contributed by atoms with van der Waals surface area (Å²) in [5.74, 6) is 2.41. The van der Waals surface area contributed by atoms with Gasteiger partial charge >= 0.3 is 0 Å². The van der Waals surface area contributed by atoms with Gasteiger partial charge in [-0.3, -0.25) is 0 Å². The molecule has 0 atom stereocenters. The van der Waals surface area contributed by atoms with Gasteiger partial charge in [0.05, 0.1) is 9.26 Å². The molecule has 5 heteroatoms. The van der Waals surface area contributed by atoms with Crippen molar-refractivity contribution in [1.29, 1.82) is 0 Å². The molecule has 0 amide bonds. The summed E-state index contributed by atoms with van der Waals surface area (Å²) >= 11 is 2.35. The monoisotopic (exact) mass is 361 g/mol. The van der Waals surface area contributed by atoms with Gasteiger partial charge in [-0.15, -0.1) is 0 Å². The van der Waals surface area contributed by atoms with Crippen LogP contribution in [0.5, 0.6) is 0 Å². The lowest BCUT2D eigenvalue weighted by Crippen LogP contribution is -2.10. The maximum Gasteiger partial charge on any atom is 0.156 e. The molecule has 0 aromatic carbocycles. The van der Waals surface area contributed by atoms with Gasteiger partial charge in [-0.05, 0) is 48.8 Å². The van der Waals surface area contributed by atoms with Crippen LogP contribution in [0.3, 0.4) is 0 Å². The molecular weight excluding hydrogens is 341 g/mol. The molecule has 0 radical (unpaired) electrons. The smallest absolute Gasteiger partial charge is 0.156 e. The third-order valence-electron chi connectivity index (χ3n) is 2.81. The molecule has 1 aliphatic carbocycles. The van der Waals surface area contributed by atoms with Gasteiger partial charge in [0.2, 0.25) is 0 Å². The molecule has 1 aromatic rings. The minimum Gasteiger partial charge on any atom is -0.373 e. The predicted octanol–water partition coefficient (Wildman–Crippen LogP) is 3.32. The van der Waals surface area contributed by atoms with Gasteiger partial charge in [0.15, 0.2) is 5.82 Å². The average molecular weight is 361 g/mol. The molecule has 0 spiro atoms. The van der Waals surface area contributed by atoms with Gasteiger partial charge in [0, 0.05) is 19.1 Å². The van der Waals surface area contributed by atoms with Crippen LogP contribution in [0.1, 0.15) is 50.5 Å². The molecule has 0 saturated heterocycles. The van der Waals surface area contributed by atoms with E-state index in [0.29, 0.717) is 12.5 Å². The van der Waals surface area contributed by atoms with Crippen molar-refractivity contribution < 1.29 is 4.74 Å². The topological polar surface area (TPSA) is 47.0 Å². The van der Waals surface area contributed by atoms with Crippen molar-refractivity contribution in [3.63, 3.8) is 0 Å². The molecule has 1 N–H and O–H groups in total. The van der Waals surface area contributed by atoms with E-state index in [4.69, 9.17) is 4.74 Å². The second-order valence-corrected chi connectivity index (χ2v) is 5.62. The Bertz CT molecular complexity index is 407. The standard InChI is InChI=1S/C13H20IN3O/c1-3-7-18-8-10-16-12(9-5-6-9)11(14)13(17-10)15-4-2/h9H,3-8H2,1-2H3,(H,15,16,17). The molecule has 0 bridgehead atoms. The second-order valence-electron chi connectivity index (χ2n) is 4.54. The number of hydrogen-bond acceptors (Lipinski definition) is 4. The van der Waals surface area contributed by atoms with Crippen LogP contribution in [-0.2, 0) is 11.3 Å². The number of hydrogen-bond donors (Lipinski definition) is 1. The molecular formula is C13H20IN3O. The third-order valence-corrected chi connectivity index (χ3v) is 3.87. The van der Waals surface area contributed by atoms with Crippen molar-refractivity contribution in [2.24, 2.45) is 0 Å². The summed E-state index contributed by atoms with van der Waals surface area (Å²) in [5, 5.41) is 3.32. The van der Waals surface area contributed by atoms with Gasteiger partial charge < -0.3 is 10.1 Å². The molecule has 2 rings (SSSR count). The summed E-state index contributed by atoms with van der Waals surface area (Å²) in [5.41, 5.74) is 1.21. The lowest BCUT2D eigenvalue weighted by Gasteiger charge is -2.12. The highest BCUT2D eigenvalue weighted by Gasteiger charge is 2.29. The van der Waals surface area contributed by atoms with Crippen LogP contribution in [0.25, 0.3) is 0 Å². The van der Waals surface area contributed by atoms with E-state index >= 15 is 0 Å². The SMILES string of the molecule is CCCOCc1nc(NCC)c(I)c(C2CC2)n1. The van der Waals surface area contributed by atoms with E-state index in [1.165, 1.54) is 22.1 Å². The molecule has 1 fully saturated rings. The number of ether oxygens (including phenoxy) is 1. The quantitative estimate of drug-likeness (QED) is 0.598. The Labute approximate surface area is 122 Å². The molecule has 0 unspecified atom stereocenters. The number of anilines is 1. The van der Waals surface area contributed by atoms with Gasteiger partial charge in [-0.2, -0.15) is 0 Å². The van der Waals surface area contributed by atoms with E-state index in [-0.39, 0.29) is 0 Å². The van der Waals surface area contributed by atoms with Crippen LogP contribution in [-0.4, -0.2) is 23.1 Å². The second kappa shape index (κ2) is 6.65. The Morgan fingerprint density at radius 2 is 2.11 bits per heavy atom. The summed E-state index contributed by atoms with van der Waals surface area (Å²) in [6, 6.07) is 0. The van der Waals surface area contributed by atoms with Gasteiger partial charge in [0.1, 0.15) is 12.4 Å². The predicted molar refractivity (Wildman–Crippen MR) is 80.8 cm³/mol. The van der Waals surface area contributed by atoms with Crippen molar-refractivity contribution in [3.8, 4) is 0 Å². The van der Waals surface area contributed by atoms with E-state index in [2.05, 4.69) is 51.7 Å². The van der Waals surface area contributed by atoms with Crippen LogP contribution in [0.4, 0.5) is 5.82 Å². The van der Waals surface area contributed by atoms with Gasteiger partial charge in [-0.25, -0.2) is 9.97 Å². The Kier molecular flexibility index (Phi) is 5.17. The Balaban J connectivity index is 2.18. The highest BCUT2D eigenvalue weighted by Crippen LogP contribution is 2.42. The third kappa shape index (κ3) is 3.54. The lowest BCUT2D eigenvalue weighted by atomic mass is 10.2. The molecule has 0 aliphatic heterocycles. The molecule has 1 heterocycles. The summed E-state index contributed by atoms with van der Waals surface area (Å²) < 4.78 is 6.72. The minimum absolute atomic E-state index is 0.517. The molecule has 18 heavy (non-hydrogen) atoms. The fraction of sp³-hybridized carbons (Fsp3) is 0.692. The number of halogens is 1. The van der Waals surface area contributed by atoms with Gasteiger partial charge in [-0.1, -0.05) is 6.92 Å². The van der Waals surface area contributed by atoms with Crippen molar-refractivity contribution in [2.45, 2.75) is 45.6 Å². The Hall–Kier alpha value is -0.430. The Morgan fingerprint density at radius 1 is 1.33 bits per heavy atom. The first-order valence-electron chi connectivity index (χ1n) is 6.64. The molecule has 4 nitrogen and oxygen atoms in total. The lowest BCUT2D eigenvalue weighted by molar-refractivity contribution is 0.116. The minimum atomic E-state index is 0.517. The van der Waals surface area contributed by atoms with Crippen molar-refractivity contribution in [1.82, 2.24) is 9.97 Å². The van der Waals surface area contributed by atoms with Crippen LogP contribution in [0.2, 0.25) is 0 Å². The molecule has 1 aromatic heterocycles. The van der Waals surface area contributed by atoms with E-state index in [1.807, 2.05) is 0 Å². The fourth-order valence-electron chi connectivity index (χ4n) is 1.80. The number of aromatic nitrogens is 2. The van der Waals surface area contributed by atoms with Gasteiger partial charge in [0.25, 0.3) is 0 Å². The average Bonchev–Trinajstić information content (AvgIpc) is 3.17. The van der Waals surface area contributed by atoms with Crippen LogP contribution in [0, 0.1) is 3.57 Å². The van der Waals surface area contributed by atoms with E-state index in [9.17, 15) is 0 Å². The first-order valence-corrected chi connectivity index (χ1v) is 7.72. The van der Waals surface area contributed by atoms with E-state index in [0.717, 1.165) is 31.2 Å². The summed E-state index contributed by atoms with van der Waals surface area (Å²) in [6.45, 7) is 6.36.